The van der Waals surface area contributed by atoms with Crippen LogP contribution in [-0.2, 0) is 15.8 Å². The third kappa shape index (κ3) is 4.21. The zero-order valence-corrected chi connectivity index (χ0v) is 19.0. The van der Waals surface area contributed by atoms with Crippen molar-refractivity contribution in [2.75, 3.05) is 19.1 Å². The van der Waals surface area contributed by atoms with Gasteiger partial charge in [0, 0.05) is 11.8 Å². The van der Waals surface area contributed by atoms with Crippen molar-refractivity contribution in [1.82, 2.24) is 0 Å². The fourth-order valence-corrected chi connectivity index (χ4v) is 4.07. The minimum atomic E-state index is -4.68. The van der Waals surface area contributed by atoms with Crippen LogP contribution in [0.3, 0.4) is 0 Å². The van der Waals surface area contributed by atoms with E-state index in [1.807, 2.05) is 0 Å². The average Bonchev–Trinajstić information content (AvgIpc) is 3.45. The second-order valence-corrected chi connectivity index (χ2v) is 7.83. The molecule has 7 nitrogen and oxygen atoms in total. The number of benzene rings is 2. The molecule has 1 amide bonds. The number of anilines is 1. The van der Waals surface area contributed by atoms with E-state index >= 15 is 0 Å². The predicted octanol–water partition coefficient (Wildman–Crippen LogP) is 5.60. The zero-order chi connectivity index (χ0) is 25.5. The summed E-state index contributed by atoms with van der Waals surface area (Å²) in [6.45, 7) is 0. The molecule has 1 aliphatic rings. The van der Waals surface area contributed by atoms with Gasteiger partial charge >= 0.3 is 6.18 Å². The number of hydrogen-bond donors (Lipinski definition) is 1. The standard InChI is InChI=1S/C24H17ClF3NO6/c1-33-17-11-15(25)18(34-2)10-14(17)21(30)19-20(16-7-4-8-35-16)29(23(32)22(19)31)13-6-3-5-12(9-13)24(26,27)28/h3-11,20,30H,1-2H3/b21-19+. The van der Waals surface area contributed by atoms with Gasteiger partial charge in [0.2, 0.25) is 0 Å². The molecule has 1 aromatic heterocycles. The van der Waals surface area contributed by atoms with E-state index in [1.165, 1.54) is 50.8 Å². The second kappa shape index (κ2) is 9.03. The van der Waals surface area contributed by atoms with Gasteiger partial charge in [-0.25, -0.2) is 0 Å². The molecule has 11 heteroatoms. The molecule has 2 heterocycles. The van der Waals surface area contributed by atoms with E-state index in [0.29, 0.717) is 0 Å². The number of alkyl halides is 3. The first-order valence-electron chi connectivity index (χ1n) is 10.0. The van der Waals surface area contributed by atoms with Crippen molar-refractivity contribution in [3.63, 3.8) is 0 Å². The number of methoxy groups -OCH3 is 2. The van der Waals surface area contributed by atoms with E-state index in [1.54, 1.807) is 0 Å². The minimum absolute atomic E-state index is 0.0210. The Hall–Kier alpha value is -3.92. The molecule has 1 unspecified atom stereocenters. The zero-order valence-electron chi connectivity index (χ0n) is 18.2. The van der Waals surface area contributed by atoms with Crippen LogP contribution in [0.4, 0.5) is 18.9 Å². The highest BCUT2D eigenvalue weighted by atomic mass is 35.5. The van der Waals surface area contributed by atoms with Crippen LogP contribution >= 0.6 is 11.6 Å². The maximum Gasteiger partial charge on any atom is 0.416 e. The van der Waals surface area contributed by atoms with Gasteiger partial charge in [0.1, 0.15) is 29.1 Å². The first kappa shape index (κ1) is 24.2. The number of rotatable bonds is 5. The van der Waals surface area contributed by atoms with Crippen LogP contribution in [0.25, 0.3) is 5.76 Å². The first-order valence-corrected chi connectivity index (χ1v) is 10.4. The van der Waals surface area contributed by atoms with E-state index in [9.17, 15) is 27.9 Å². The molecular weight excluding hydrogens is 491 g/mol. The fraction of sp³-hybridized carbons (Fsp3) is 0.167. The summed E-state index contributed by atoms with van der Waals surface area (Å²) in [5.41, 5.74) is -1.65. The minimum Gasteiger partial charge on any atom is -0.507 e. The fourth-order valence-electron chi connectivity index (χ4n) is 3.84. The predicted molar refractivity (Wildman–Crippen MR) is 119 cm³/mol. The number of nitrogens with zero attached hydrogens (tertiary/aromatic N) is 1. The summed E-state index contributed by atoms with van der Waals surface area (Å²) >= 11 is 6.12. The molecule has 1 N–H and O–H groups in total. The SMILES string of the molecule is COc1cc(/C(O)=C2\C(=O)C(=O)N(c3cccc(C(F)(F)F)c3)C2c2ccco2)c(OC)cc1Cl. The van der Waals surface area contributed by atoms with Crippen LogP contribution in [-0.4, -0.2) is 31.0 Å². The number of carbonyl (C=O) groups excluding carboxylic acids is 2. The number of carbonyl (C=O) groups is 2. The summed E-state index contributed by atoms with van der Waals surface area (Å²) < 4.78 is 55.9. The Balaban J connectivity index is 1.96. The summed E-state index contributed by atoms with van der Waals surface area (Å²) in [5.74, 6) is -2.66. The first-order chi connectivity index (χ1) is 16.6. The van der Waals surface area contributed by atoms with Crippen molar-refractivity contribution in [2.45, 2.75) is 12.2 Å². The van der Waals surface area contributed by atoms with Gasteiger partial charge in [-0.2, -0.15) is 13.2 Å². The molecule has 1 aliphatic heterocycles. The number of aliphatic hydroxyl groups excluding tert-OH is 1. The van der Waals surface area contributed by atoms with Crippen LogP contribution in [0.1, 0.15) is 22.9 Å². The van der Waals surface area contributed by atoms with E-state index < -0.39 is 40.8 Å². The van der Waals surface area contributed by atoms with Gasteiger partial charge in [-0.05, 0) is 36.4 Å². The van der Waals surface area contributed by atoms with Crippen molar-refractivity contribution in [3.8, 4) is 11.5 Å². The van der Waals surface area contributed by atoms with E-state index in [4.69, 9.17) is 25.5 Å². The molecule has 0 saturated carbocycles. The van der Waals surface area contributed by atoms with Crippen molar-refractivity contribution < 1.29 is 41.8 Å². The molecule has 0 bridgehead atoms. The van der Waals surface area contributed by atoms with Crippen LogP contribution in [0.2, 0.25) is 5.02 Å². The van der Waals surface area contributed by atoms with Gasteiger partial charge in [-0.1, -0.05) is 17.7 Å². The number of ether oxygens (including phenoxy) is 2. The molecular formula is C24H17ClF3NO6. The largest absolute Gasteiger partial charge is 0.507 e. The number of ketones is 1. The Kier molecular flexibility index (Phi) is 6.25. The lowest BCUT2D eigenvalue weighted by molar-refractivity contribution is -0.137. The Morgan fingerprint density at radius 1 is 1.06 bits per heavy atom. The Morgan fingerprint density at radius 2 is 1.77 bits per heavy atom. The number of amides is 1. The highest BCUT2D eigenvalue weighted by Gasteiger charge is 2.49. The van der Waals surface area contributed by atoms with Gasteiger partial charge in [-0.15, -0.1) is 0 Å². The van der Waals surface area contributed by atoms with Gasteiger partial charge in [0.05, 0.1) is 42.2 Å². The quantitative estimate of drug-likeness (QED) is 0.275. The number of hydrogen-bond acceptors (Lipinski definition) is 6. The van der Waals surface area contributed by atoms with E-state index in [-0.39, 0.29) is 33.5 Å². The lowest BCUT2D eigenvalue weighted by Crippen LogP contribution is -2.29. The Morgan fingerprint density at radius 3 is 2.37 bits per heavy atom. The average molecular weight is 508 g/mol. The maximum absolute atomic E-state index is 13.3. The smallest absolute Gasteiger partial charge is 0.416 e. The third-order valence-electron chi connectivity index (χ3n) is 5.44. The van der Waals surface area contributed by atoms with Gasteiger partial charge in [0.25, 0.3) is 11.7 Å². The molecule has 182 valence electrons. The van der Waals surface area contributed by atoms with E-state index in [0.717, 1.165) is 23.1 Å². The van der Waals surface area contributed by atoms with Crippen molar-refractivity contribution in [1.29, 1.82) is 0 Å². The monoisotopic (exact) mass is 507 g/mol. The van der Waals surface area contributed by atoms with Crippen LogP contribution in [0, 0.1) is 0 Å². The number of Topliss-reactive ketones (excluding diaryl/α,β-unsaturated/α-hetero) is 1. The molecule has 4 rings (SSSR count). The number of halogens is 4. The highest BCUT2D eigenvalue weighted by molar-refractivity contribution is 6.51. The van der Waals surface area contributed by atoms with Crippen molar-refractivity contribution >= 4 is 34.7 Å². The Bertz CT molecular complexity index is 1330. The van der Waals surface area contributed by atoms with Gasteiger partial charge in [-0.3, -0.25) is 14.5 Å². The molecule has 35 heavy (non-hydrogen) atoms. The van der Waals surface area contributed by atoms with Gasteiger partial charge in [0.15, 0.2) is 0 Å². The molecule has 0 spiro atoms. The summed E-state index contributed by atoms with van der Waals surface area (Å²) in [7, 11) is 2.65. The Labute approximate surface area is 201 Å². The molecule has 0 radical (unpaired) electrons. The molecule has 3 aromatic rings. The second-order valence-electron chi connectivity index (χ2n) is 7.42. The summed E-state index contributed by atoms with van der Waals surface area (Å²) in [6.07, 6.45) is -3.41. The molecule has 0 aliphatic carbocycles. The topological polar surface area (TPSA) is 89.2 Å². The molecule has 1 fully saturated rings. The van der Waals surface area contributed by atoms with E-state index in [2.05, 4.69) is 0 Å². The summed E-state index contributed by atoms with van der Waals surface area (Å²) in [5, 5.41) is 11.4. The lowest BCUT2D eigenvalue weighted by Gasteiger charge is -2.24. The molecule has 2 aromatic carbocycles. The lowest BCUT2D eigenvalue weighted by atomic mass is 9.98. The van der Waals surface area contributed by atoms with Crippen LogP contribution in [0.15, 0.2) is 64.8 Å². The molecule has 1 atom stereocenters. The van der Waals surface area contributed by atoms with Crippen LogP contribution < -0.4 is 14.4 Å². The summed E-state index contributed by atoms with van der Waals surface area (Å²) in [6, 6.07) is 8.16. The van der Waals surface area contributed by atoms with Crippen LogP contribution in [0.5, 0.6) is 11.5 Å². The third-order valence-corrected chi connectivity index (χ3v) is 5.73. The van der Waals surface area contributed by atoms with Gasteiger partial charge < -0.3 is 19.0 Å². The van der Waals surface area contributed by atoms with Crippen molar-refractivity contribution in [3.05, 3.63) is 82.3 Å². The number of furan rings is 1. The molecule has 1 saturated heterocycles. The normalized spacial score (nSPS) is 17.7. The highest BCUT2D eigenvalue weighted by Crippen LogP contribution is 2.45. The number of aliphatic hydroxyl groups is 1. The maximum atomic E-state index is 13.3. The van der Waals surface area contributed by atoms with Crippen molar-refractivity contribution in [2.24, 2.45) is 0 Å². The summed E-state index contributed by atoms with van der Waals surface area (Å²) in [4.78, 5) is 27.1.